The van der Waals surface area contributed by atoms with E-state index < -0.39 is 5.38 Å². The quantitative estimate of drug-likeness (QED) is 0.709. The second-order valence-corrected chi connectivity index (χ2v) is 5.82. The molecule has 0 aromatic heterocycles. The molecule has 1 heterocycles. The van der Waals surface area contributed by atoms with Crippen LogP contribution in [0.3, 0.4) is 0 Å². The van der Waals surface area contributed by atoms with Gasteiger partial charge in [0.2, 0.25) is 0 Å². The largest absolute Gasteiger partial charge is 0.493 e. The second-order valence-electron chi connectivity index (χ2n) is 4.47. The highest BCUT2D eigenvalue weighted by atomic mass is 79.9. The first-order valence-electron chi connectivity index (χ1n) is 6.00. The number of fused-ring (bicyclic) bond motifs is 1. The van der Waals surface area contributed by atoms with Gasteiger partial charge in [-0.1, -0.05) is 34.1 Å². The van der Waals surface area contributed by atoms with Crippen molar-refractivity contribution in [1.82, 2.24) is 0 Å². The first kappa shape index (κ1) is 12.9. The molecule has 0 amide bonds. The summed E-state index contributed by atoms with van der Waals surface area (Å²) in [5.74, 6) is 0.501. The summed E-state index contributed by atoms with van der Waals surface area (Å²) in [6.07, 6.45) is 0.864. The summed E-state index contributed by atoms with van der Waals surface area (Å²) < 4.78 is 20.4. The van der Waals surface area contributed by atoms with Crippen molar-refractivity contribution < 1.29 is 9.13 Å². The van der Waals surface area contributed by atoms with E-state index in [2.05, 4.69) is 15.9 Å². The first-order chi connectivity index (χ1) is 9.16. The van der Waals surface area contributed by atoms with E-state index in [4.69, 9.17) is 16.3 Å². The lowest BCUT2D eigenvalue weighted by Crippen LogP contribution is -2.00. The third-order valence-electron chi connectivity index (χ3n) is 3.23. The molecule has 0 saturated heterocycles. The van der Waals surface area contributed by atoms with Gasteiger partial charge in [0.05, 0.1) is 12.0 Å². The van der Waals surface area contributed by atoms with E-state index >= 15 is 0 Å². The van der Waals surface area contributed by atoms with Crippen LogP contribution in [0.25, 0.3) is 0 Å². The molecule has 1 aliphatic rings. The molecule has 19 heavy (non-hydrogen) atoms. The van der Waals surface area contributed by atoms with Gasteiger partial charge in [-0.05, 0) is 23.8 Å². The summed E-state index contributed by atoms with van der Waals surface area (Å²) >= 11 is 9.92. The topological polar surface area (TPSA) is 9.23 Å². The van der Waals surface area contributed by atoms with Crippen molar-refractivity contribution in [3.8, 4) is 5.75 Å². The molecule has 0 bridgehead atoms. The molecule has 0 spiro atoms. The summed E-state index contributed by atoms with van der Waals surface area (Å²) in [5, 5.41) is -0.550. The van der Waals surface area contributed by atoms with Gasteiger partial charge in [0, 0.05) is 22.0 Å². The predicted octanol–water partition coefficient (Wildman–Crippen LogP) is 4.85. The molecule has 2 aromatic carbocycles. The average molecular weight is 342 g/mol. The molecular formula is C15H11BrClFO. The van der Waals surface area contributed by atoms with Gasteiger partial charge < -0.3 is 4.74 Å². The zero-order valence-electron chi connectivity index (χ0n) is 10.00. The number of hydrogen-bond donors (Lipinski definition) is 0. The Bertz CT molecular complexity index is 630. The molecule has 3 rings (SSSR count). The monoisotopic (exact) mass is 340 g/mol. The van der Waals surface area contributed by atoms with Crippen LogP contribution in [0.2, 0.25) is 0 Å². The van der Waals surface area contributed by atoms with Crippen LogP contribution in [-0.4, -0.2) is 6.61 Å². The van der Waals surface area contributed by atoms with Gasteiger partial charge >= 0.3 is 0 Å². The fraction of sp³-hybridized carbons (Fsp3) is 0.200. The second kappa shape index (κ2) is 5.14. The fourth-order valence-electron chi connectivity index (χ4n) is 2.33. The number of rotatable bonds is 2. The van der Waals surface area contributed by atoms with E-state index in [0.717, 1.165) is 27.8 Å². The Balaban J connectivity index is 2.10. The summed E-state index contributed by atoms with van der Waals surface area (Å²) in [6.45, 7) is 0.652. The summed E-state index contributed by atoms with van der Waals surface area (Å²) in [5.41, 5.74) is 2.40. The Kier molecular flexibility index (Phi) is 3.50. The van der Waals surface area contributed by atoms with Gasteiger partial charge in [0.25, 0.3) is 0 Å². The highest BCUT2D eigenvalue weighted by Gasteiger charge is 2.24. The average Bonchev–Trinajstić information content (AvgIpc) is 2.85. The van der Waals surface area contributed by atoms with E-state index in [-0.39, 0.29) is 5.82 Å². The lowest BCUT2D eigenvalue weighted by Gasteiger charge is -2.15. The SMILES string of the molecule is Fc1ccccc1C(Cl)c1cc(Br)cc2c1OCC2. The minimum atomic E-state index is -0.550. The zero-order chi connectivity index (χ0) is 13.4. The Labute approximate surface area is 124 Å². The number of benzene rings is 2. The van der Waals surface area contributed by atoms with Gasteiger partial charge in [0.1, 0.15) is 11.6 Å². The van der Waals surface area contributed by atoms with Gasteiger partial charge in [-0.3, -0.25) is 0 Å². The van der Waals surface area contributed by atoms with Crippen LogP contribution in [0.4, 0.5) is 4.39 Å². The van der Waals surface area contributed by atoms with Crippen LogP contribution in [0.1, 0.15) is 22.1 Å². The Hall–Kier alpha value is -1.06. The molecule has 0 radical (unpaired) electrons. The molecule has 1 atom stereocenters. The molecule has 2 aromatic rings. The van der Waals surface area contributed by atoms with Crippen LogP contribution in [0.15, 0.2) is 40.9 Å². The van der Waals surface area contributed by atoms with Crippen molar-refractivity contribution in [2.45, 2.75) is 11.8 Å². The molecular weight excluding hydrogens is 331 g/mol. The Morgan fingerprint density at radius 2 is 2.00 bits per heavy atom. The van der Waals surface area contributed by atoms with Crippen molar-refractivity contribution in [2.75, 3.05) is 6.61 Å². The van der Waals surface area contributed by atoms with Gasteiger partial charge in [-0.2, -0.15) is 0 Å². The van der Waals surface area contributed by atoms with E-state index in [1.807, 2.05) is 12.1 Å². The minimum Gasteiger partial charge on any atom is -0.493 e. The van der Waals surface area contributed by atoms with Crippen molar-refractivity contribution >= 4 is 27.5 Å². The lowest BCUT2D eigenvalue weighted by molar-refractivity contribution is 0.353. The van der Waals surface area contributed by atoms with Crippen molar-refractivity contribution in [3.63, 3.8) is 0 Å². The smallest absolute Gasteiger partial charge is 0.128 e. The Morgan fingerprint density at radius 1 is 1.21 bits per heavy atom. The van der Waals surface area contributed by atoms with Gasteiger partial charge in [-0.15, -0.1) is 11.6 Å². The molecule has 0 fully saturated rings. The van der Waals surface area contributed by atoms with Gasteiger partial charge in [0.15, 0.2) is 0 Å². The number of ether oxygens (including phenoxy) is 1. The van der Waals surface area contributed by atoms with Crippen molar-refractivity contribution in [2.24, 2.45) is 0 Å². The first-order valence-corrected chi connectivity index (χ1v) is 7.23. The van der Waals surface area contributed by atoms with Crippen molar-refractivity contribution in [3.05, 3.63) is 63.4 Å². The zero-order valence-corrected chi connectivity index (χ0v) is 12.3. The molecule has 0 aliphatic carbocycles. The normalized spacial score (nSPS) is 14.9. The molecule has 1 unspecified atom stereocenters. The van der Waals surface area contributed by atoms with Crippen LogP contribution in [-0.2, 0) is 6.42 Å². The highest BCUT2D eigenvalue weighted by molar-refractivity contribution is 9.10. The fourth-order valence-corrected chi connectivity index (χ4v) is 3.20. The van der Waals surface area contributed by atoms with E-state index in [9.17, 15) is 4.39 Å². The van der Waals surface area contributed by atoms with E-state index in [1.54, 1.807) is 18.2 Å². The summed E-state index contributed by atoms with van der Waals surface area (Å²) in [6, 6.07) is 10.5. The molecule has 4 heteroatoms. The van der Waals surface area contributed by atoms with Crippen LogP contribution < -0.4 is 4.74 Å². The molecule has 98 valence electrons. The van der Waals surface area contributed by atoms with Crippen molar-refractivity contribution in [1.29, 1.82) is 0 Å². The number of alkyl halides is 1. The van der Waals surface area contributed by atoms with E-state index in [1.165, 1.54) is 6.07 Å². The Morgan fingerprint density at radius 3 is 2.79 bits per heavy atom. The molecule has 1 aliphatic heterocycles. The predicted molar refractivity (Wildman–Crippen MR) is 77.4 cm³/mol. The summed E-state index contributed by atoms with van der Waals surface area (Å²) in [4.78, 5) is 0. The molecule has 0 saturated carbocycles. The number of halogens is 3. The highest BCUT2D eigenvalue weighted by Crippen LogP contribution is 2.42. The molecule has 1 nitrogen and oxygen atoms in total. The summed E-state index contributed by atoms with van der Waals surface area (Å²) in [7, 11) is 0. The van der Waals surface area contributed by atoms with Crippen LogP contribution in [0.5, 0.6) is 5.75 Å². The molecule has 0 N–H and O–H groups in total. The third-order valence-corrected chi connectivity index (χ3v) is 4.16. The number of hydrogen-bond acceptors (Lipinski definition) is 1. The van der Waals surface area contributed by atoms with Gasteiger partial charge in [-0.25, -0.2) is 4.39 Å². The third kappa shape index (κ3) is 2.37. The van der Waals surface area contributed by atoms with E-state index in [0.29, 0.717) is 12.2 Å². The maximum absolute atomic E-state index is 13.8. The standard InChI is InChI=1S/C15H11BrClFO/c16-10-7-9-5-6-19-15(9)12(8-10)14(17)11-3-1-2-4-13(11)18/h1-4,7-8,14H,5-6H2. The lowest BCUT2D eigenvalue weighted by atomic mass is 10.0. The minimum absolute atomic E-state index is 0.297. The van der Waals surface area contributed by atoms with Crippen LogP contribution in [0, 0.1) is 5.82 Å². The maximum atomic E-state index is 13.8. The van der Waals surface area contributed by atoms with Crippen LogP contribution >= 0.6 is 27.5 Å². The maximum Gasteiger partial charge on any atom is 0.128 e.